The maximum Gasteiger partial charge on any atom is 1.00 e. The molecule has 0 fully saturated rings. The molecule has 0 spiro atoms. The summed E-state index contributed by atoms with van der Waals surface area (Å²) in [6.07, 6.45) is 0. The molecular formula is C4HN3Na2O4. The Labute approximate surface area is 117 Å². The summed E-state index contributed by atoms with van der Waals surface area (Å²) in [5.74, 6) is -4.60. The molecule has 0 radical (unpaired) electrons. The van der Waals surface area contributed by atoms with Crippen LogP contribution < -0.4 is 69.3 Å². The summed E-state index contributed by atoms with van der Waals surface area (Å²) in [5.41, 5.74) is 0. The van der Waals surface area contributed by atoms with E-state index in [0.717, 1.165) is 0 Å². The van der Waals surface area contributed by atoms with E-state index in [1.165, 1.54) is 0 Å². The zero-order chi connectivity index (χ0) is 8.43. The molecule has 1 N–H and O–H groups in total. The third-order valence-corrected chi connectivity index (χ3v) is 0.861. The fraction of sp³-hybridized carbons (Fsp3) is 0. The third-order valence-electron chi connectivity index (χ3n) is 0.861. The molecule has 0 unspecified atom stereocenters. The Kier molecular flexibility index (Phi) is 7.80. The van der Waals surface area contributed by atoms with Crippen LogP contribution in [0.5, 0.6) is 0 Å². The second-order valence-electron chi connectivity index (χ2n) is 1.58. The molecule has 9 heteroatoms. The molecule has 58 valence electrons. The summed E-state index contributed by atoms with van der Waals surface area (Å²) in [6.45, 7) is 0. The molecule has 1 rings (SSSR count). The predicted octanol–water partition coefficient (Wildman–Crippen LogP) is -9.46. The topological polar surface area (TPSA) is 122 Å². The van der Waals surface area contributed by atoms with Gasteiger partial charge in [-0.25, -0.2) is 4.98 Å². The van der Waals surface area contributed by atoms with Crippen LogP contribution in [0.3, 0.4) is 0 Å². The Hall–Kier alpha value is 0.0800. The number of aromatic carboxylic acids is 2. The number of rotatable bonds is 2. The summed E-state index contributed by atoms with van der Waals surface area (Å²) in [4.78, 5) is 23.0. The van der Waals surface area contributed by atoms with Gasteiger partial charge in [0.1, 0.15) is 11.9 Å². The molecule has 0 saturated carbocycles. The largest absolute Gasteiger partial charge is 1.00 e. The van der Waals surface area contributed by atoms with Gasteiger partial charge in [0.25, 0.3) is 0 Å². The number of H-pyrrole nitrogens is 1. The minimum Gasteiger partial charge on any atom is -0.542 e. The van der Waals surface area contributed by atoms with E-state index >= 15 is 0 Å². The van der Waals surface area contributed by atoms with Gasteiger partial charge in [0.15, 0.2) is 11.6 Å². The number of aromatic amines is 1. The molecule has 1 aromatic heterocycles. The van der Waals surface area contributed by atoms with Crippen molar-refractivity contribution >= 4 is 11.9 Å². The molecule has 1 aromatic rings. The molecular weight excluding hydrogens is 200 g/mol. The second kappa shape index (κ2) is 6.52. The molecule has 0 saturated heterocycles. The van der Waals surface area contributed by atoms with Crippen molar-refractivity contribution in [1.82, 2.24) is 15.2 Å². The molecule has 0 bridgehead atoms. The first-order valence-electron chi connectivity index (χ1n) is 2.46. The minimum absolute atomic E-state index is 0. The van der Waals surface area contributed by atoms with Crippen LogP contribution in [-0.2, 0) is 0 Å². The van der Waals surface area contributed by atoms with Gasteiger partial charge >= 0.3 is 59.1 Å². The number of carbonyl (C=O) groups excluding carboxylic acids is 2. The maximum absolute atomic E-state index is 9.98. The minimum atomic E-state index is -1.64. The zero-order valence-corrected chi connectivity index (χ0v) is 11.0. The first kappa shape index (κ1) is 15.5. The van der Waals surface area contributed by atoms with E-state index in [1.807, 2.05) is 5.10 Å². The number of carbonyl (C=O) groups is 2. The van der Waals surface area contributed by atoms with E-state index in [2.05, 4.69) is 10.1 Å². The Morgan fingerprint density at radius 2 is 1.69 bits per heavy atom. The number of nitrogens with zero attached hydrogens (tertiary/aromatic N) is 2. The Balaban J connectivity index is 0. The summed E-state index contributed by atoms with van der Waals surface area (Å²) in [5, 5.41) is 24.8. The SMILES string of the molecule is O=C([O-])c1n[nH]c(C(=O)[O-])n1.[Na+].[Na+]. The van der Waals surface area contributed by atoms with Crippen LogP contribution in [0.1, 0.15) is 21.2 Å². The van der Waals surface area contributed by atoms with Gasteiger partial charge in [-0.2, -0.15) is 5.10 Å². The number of aromatic nitrogens is 3. The van der Waals surface area contributed by atoms with E-state index in [4.69, 9.17) is 0 Å². The van der Waals surface area contributed by atoms with Crippen molar-refractivity contribution in [3.05, 3.63) is 11.6 Å². The van der Waals surface area contributed by atoms with Crippen LogP contribution in [-0.4, -0.2) is 27.1 Å². The molecule has 0 aliphatic carbocycles. The molecule has 0 amide bonds. The first-order chi connectivity index (χ1) is 5.11. The number of carboxylic acid groups (broad SMARTS) is 2. The van der Waals surface area contributed by atoms with Crippen molar-refractivity contribution in [2.45, 2.75) is 0 Å². The average molecular weight is 201 g/mol. The molecule has 0 atom stereocenters. The summed E-state index contributed by atoms with van der Waals surface area (Å²) in [7, 11) is 0. The van der Waals surface area contributed by atoms with E-state index in [0.29, 0.717) is 0 Å². The van der Waals surface area contributed by atoms with Crippen molar-refractivity contribution in [2.75, 3.05) is 0 Å². The van der Waals surface area contributed by atoms with Gasteiger partial charge < -0.3 is 19.8 Å². The zero-order valence-electron chi connectivity index (χ0n) is 7.03. The molecule has 0 aliphatic rings. The molecule has 13 heavy (non-hydrogen) atoms. The van der Waals surface area contributed by atoms with Crippen LogP contribution in [0.25, 0.3) is 0 Å². The monoisotopic (exact) mass is 201 g/mol. The van der Waals surface area contributed by atoms with Crippen LogP contribution in [0, 0.1) is 0 Å². The summed E-state index contributed by atoms with van der Waals surface area (Å²) in [6, 6.07) is 0. The third kappa shape index (κ3) is 4.21. The van der Waals surface area contributed by atoms with E-state index in [1.54, 1.807) is 0 Å². The average Bonchev–Trinajstić information content (AvgIpc) is 2.33. The normalized spacial score (nSPS) is 8.00. The molecule has 0 aromatic carbocycles. The Morgan fingerprint density at radius 3 is 1.92 bits per heavy atom. The van der Waals surface area contributed by atoms with Crippen LogP contribution in [0.4, 0.5) is 0 Å². The van der Waals surface area contributed by atoms with Gasteiger partial charge in [0.05, 0.1) is 0 Å². The quantitative estimate of drug-likeness (QED) is 0.474. The van der Waals surface area contributed by atoms with Gasteiger partial charge in [-0.05, 0) is 0 Å². The van der Waals surface area contributed by atoms with Crippen molar-refractivity contribution < 1.29 is 78.9 Å². The molecule has 1 heterocycles. The van der Waals surface area contributed by atoms with E-state index < -0.39 is 23.6 Å². The number of hydrogen-bond acceptors (Lipinski definition) is 6. The van der Waals surface area contributed by atoms with E-state index in [-0.39, 0.29) is 59.1 Å². The standard InChI is InChI=1S/C4H3N3O4.2Na/c8-3(9)1-5-2(4(10)11)7-6-1;;/h(H,8,9)(H,10,11)(H,5,6,7);;/q;2*+1/p-2. The van der Waals surface area contributed by atoms with Crippen molar-refractivity contribution in [3.63, 3.8) is 0 Å². The number of carboxylic acids is 2. The second-order valence-corrected chi connectivity index (χ2v) is 1.58. The van der Waals surface area contributed by atoms with Crippen molar-refractivity contribution in [3.8, 4) is 0 Å². The molecule has 0 aliphatic heterocycles. The van der Waals surface area contributed by atoms with Gasteiger partial charge in [-0.3, -0.25) is 5.10 Å². The van der Waals surface area contributed by atoms with Gasteiger partial charge in [0.2, 0.25) is 0 Å². The number of nitrogens with one attached hydrogen (secondary N) is 1. The van der Waals surface area contributed by atoms with Crippen molar-refractivity contribution in [2.24, 2.45) is 0 Å². The fourth-order valence-electron chi connectivity index (χ4n) is 0.444. The van der Waals surface area contributed by atoms with Crippen LogP contribution in [0.15, 0.2) is 0 Å². The smallest absolute Gasteiger partial charge is 0.542 e. The van der Waals surface area contributed by atoms with Gasteiger partial charge in [-0.15, -0.1) is 0 Å². The van der Waals surface area contributed by atoms with Crippen LogP contribution >= 0.6 is 0 Å². The van der Waals surface area contributed by atoms with E-state index in [9.17, 15) is 19.8 Å². The summed E-state index contributed by atoms with van der Waals surface area (Å²) >= 11 is 0. The van der Waals surface area contributed by atoms with Crippen LogP contribution in [0.2, 0.25) is 0 Å². The Morgan fingerprint density at radius 1 is 1.15 bits per heavy atom. The van der Waals surface area contributed by atoms with Gasteiger partial charge in [0, 0.05) is 0 Å². The fourth-order valence-corrected chi connectivity index (χ4v) is 0.444. The van der Waals surface area contributed by atoms with Crippen molar-refractivity contribution in [1.29, 1.82) is 0 Å². The molecule has 7 nitrogen and oxygen atoms in total. The van der Waals surface area contributed by atoms with Gasteiger partial charge in [-0.1, -0.05) is 0 Å². The Bertz CT molecular complexity index is 284. The predicted molar refractivity (Wildman–Crippen MR) is 25.0 cm³/mol. The first-order valence-corrected chi connectivity index (χ1v) is 2.46. The maximum atomic E-state index is 9.98. The number of hydrogen-bond donors (Lipinski definition) is 1. The summed E-state index contributed by atoms with van der Waals surface area (Å²) < 4.78 is 0.